The maximum Gasteiger partial charge on any atom is 0.224 e. The van der Waals surface area contributed by atoms with Gasteiger partial charge in [-0.2, -0.15) is 0 Å². The molecule has 0 aliphatic heterocycles. The van der Waals surface area contributed by atoms with Crippen LogP contribution in [-0.2, 0) is 11.2 Å². The van der Waals surface area contributed by atoms with Gasteiger partial charge in [0.15, 0.2) is 0 Å². The van der Waals surface area contributed by atoms with Crippen molar-refractivity contribution in [3.8, 4) is 5.75 Å². The monoisotopic (exact) mass is 205 g/mol. The molecule has 3 nitrogen and oxygen atoms in total. The van der Waals surface area contributed by atoms with Crippen molar-refractivity contribution in [1.29, 1.82) is 0 Å². The summed E-state index contributed by atoms with van der Waals surface area (Å²) in [7, 11) is 0. The molecule has 1 amide bonds. The molecule has 0 fully saturated rings. The molecular weight excluding hydrogens is 190 g/mol. The highest BCUT2D eigenvalue weighted by Gasteiger charge is 2.05. The molecule has 0 heterocycles. The van der Waals surface area contributed by atoms with Crippen LogP contribution in [0.4, 0.5) is 0 Å². The van der Waals surface area contributed by atoms with Gasteiger partial charge in [-0.25, -0.2) is 0 Å². The molecule has 3 heteroatoms. The van der Waals surface area contributed by atoms with Gasteiger partial charge in [-0.15, -0.1) is 6.58 Å². The Morgan fingerprint density at radius 2 is 2.20 bits per heavy atom. The summed E-state index contributed by atoms with van der Waals surface area (Å²) in [5.41, 5.74) is 0.647. The minimum atomic E-state index is -0.0849. The fourth-order valence-electron chi connectivity index (χ4n) is 1.21. The molecule has 0 saturated carbocycles. The van der Waals surface area contributed by atoms with Crippen molar-refractivity contribution in [3.63, 3.8) is 0 Å². The number of rotatable bonds is 5. The minimum absolute atomic E-state index is 0.0849. The lowest BCUT2D eigenvalue weighted by molar-refractivity contribution is -0.120. The number of benzene rings is 1. The van der Waals surface area contributed by atoms with Gasteiger partial charge >= 0.3 is 0 Å². The Morgan fingerprint density at radius 1 is 1.47 bits per heavy atom. The molecule has 1 aromatic carbocycles. The van der Waals surface area contributed by atoms with E-state index in [9.17, 15) is 9.90 Å². The molecule has 0 aliphatic rings. The van der Waals surface area contributed by atoms with E-state index in [1.807, 2.05) is 0 Å². The van der Waals surface area contributed by atoms with Crippen molar-refractivity contribution < 1.29 is 9.90 Å². The quantitative estimate of drug-likeness (QED) is 0.567. The summed E-state index contributed by atoms with van der Waals surface area (Å²) in [6.45, 7) is 4.16. The van der Waals surface area contributed by atoms with Gasteiger partial charge in [-0.3, -0.25) is 4.79 Å². The van der Waals surface area contributed by atoms with E-state index in [1.54, 1.807) is 30.3 Å². The summed E-state index contributed by atoms with van der Waals surface area (Å²) in [5.74, 6) is 0.0784. The summed E-state index contributed by atoms with van der Waals surface area (Å²) in [5, 5.41) is 12.2. The smallest absolute Gasteiger partial charge is 0.224 e. The van der Waals surface area contributed by atoms with E-state index < -0.39 is 0 Å². The van der Waals surface area contributed by atoms with Crippen LogP contribution in [-0.4, -0.2) is 17.6 Å². The number of carbonyl (C=O) groups is 1. The fraction of sp³-hybridized carbons (Fsp3) is 0.250. The maximum atomic E-state index is 11.4. The largest absolute Gasteiger partial charge is 0.508 e. The normalized spacial score (nSPS) is 9.60. The van der Waals surface area contributed by atoms with E-state index in [0.29, 0.717) is 12.1 Å². The van der Waals surface area contributed by atoms with E-state index in [0.717, 1.165) is 6.42 Å². The second kappa shape index (κ2) is 5.86. The van der Waals surface area contributed by atoms with Crippen LogP contribution in [0.5, 0.6) is 5.75 Å². The Labute approximate surface area is 89.4 Å². The zero-order chi connectivity index (χ0) is 11.1. The molecule has 0 saturated heterocycles. The predicted octanol–water partition coefficient (Wildman–Crippen LogP) is 1.63. The summed E-state index contributed by atoms with van der Waals surface area (Å²) in [4.78, 5) is 11.4. The van der Waals surface area contributed by atoms with Crippen molar-refractivity contribution in [3.05, 3.63) is 42.5 Å². The highest BCUT2D eigenvalue weighted by molar-refractivity contribution is 5.79. The highest BCUT2D eigenvalue weighted by atomic mass is 16.3. The lowest BCUT2D eigenvalue weighted by Crippen LogP contribution is -2.25. The molecular formula is C12H15NO2. The third-order valence-electron chi connectivity index (χ3n) is 2.01. The molecule has 0 bridgehead atoms. The number of hydrogen-bond donors (Lipinski definition) is 2. The summed E-state index contributed by atoms with van der Waals surface area (Å²) in [6, 6.07) is 6.84. The Hall–Kier alpha value is -1.77. The average Bonchev–Trinajstić information content (AvgIpc) is 2.22. The van der Waals surface area contributed by atoms with E-state index in [1.165, 1.54) is 0 Å². The SMILES string of the molecule is C=CCCNC(=O)Cc1ccccc1O. The first-order valence-electron chi connectivity index (χ1n) is 4.88. The number of amides is 1. The Balaban J connectivity index is 2.44. The third kappa shape index (κ3) is 3.85. The van der Waals surface area contributed by atoms with Gasteiger partial charge in [0.25, 0.3) is 0 Å². The number of nitrogens with one attached hydrogen (secondary N) is 1. The fourth-order valence-corrected chi connectivity index (χ4v) is 1.21. The molecule has 0 aliphatic carbocycles. The van der Waals surface area contributed by atoms with Crippen LogP contribution >= 0.6 is 0 Å². The average molecular weight is 205 g/mol. The van der Waals surface area contributed by atoms with Crippen LogP contribution in [0.15, 0.2) is 36.9 Å². The molecule has 0 atom stereocenters. The van der Waals surface area contributed by atoms with Crippen LogP contribution in [0.1, 0.15) is 12.0 Å². The van der Waals surface area contributed by atoms with Crippen molar-refractivity contribution in [2.45, 2.75) is 12.8 Å². The number of para-hydroxylation sites is 1. The van der Waals surface area contributed by atoms with E-state index >= 15 is 0 Å². The molecule has 0 spiro atoms. The standard InChI is InChI=1S/C12H15NO2/c1-2-3-8-13-12(15)9-10-6-4-5-7-11(10)14/h2,4-7,14H,1,3,8-9H2,(H,13,15). The summed E-state index contributed by atoms with van der Waals surface area (Å²) in [6.07, 6.45) is 2.72. The molecule has 2 N–H and O–H groups in total. The lowest BCUT2D eigenvalue weighted by Gasteiger charge is -2.05. The van der Waals surface area contributed by atoms with Crippen LogP contribution in [0.25, 0.3) is 0 Å². The van der Waals surface area contributed by atoms with Crippen LogP contribution in [0, 0.1) is 0 Å². The van der Waals surface area contributed by atoms with Gasteiger partial charge in [0.05, 0.1) is 6.42 Å². The van der Waals surface area contributed by atoms with Crippen molar-refractivity contribution >= 4 is 5.91 Å². The molecule has 0 radical (unpaired) electrons. The summed E-state index contributed by atoms with van der Waals surface area (Å²) < 4.78 is 0. The third-order valence-corrected chi connectivity index (χ3v) is 2.01. The van der Waals surface area contributed by atoms with E-state index in [2.05, 4.69) is 11.9 Å². The van der Waals surface area contributed by atoms with E-state index in [4.69, 9.17) is 0 Å². The second-order valence-corrected chi connectivity index (χ2v) is 3.23. The molecule has 0 aromatic heterocycles. The predicted molar refractivity (Wildman–Crippen MR) is 59.6 cm³/mol. The first-order chi connectivity index (χ1) is 7.24. The Morgan fingerprint density at radius 3 is 2.87 bits per heavy atom. The first-order valence-corrected chi connectivity index (χ1v) is 4.88. The van der Waals surface area contributed by atoms with Gasteiger partial charge < -0.3 is 10.4 Å². The van der Waals surface area contributed by atoms with Crippen LogP contribution in [0.3, 0.4) is 0 Å². The highest BCUT2D eigenvalue weighted by Crippen LogP contribution is 2.15. The zero-order valence-corrected chi connectivity index (χ0v) is 8.57. The molecule has 0 unspecified atom stereocenters. The Kier molecular flexibility index (Phi) is 4.41. The maximum absolute atomic E-state index is 11.4. The number of hydrogen-bond acceptors (Lipinski definition) is 2. The van der Waals surface area contributed by atoms with Crippen LogP contribution in [0.2, 0.25) is 0 Å². The number of aromatic hydroxyl groups is 1. The van der Waals surface area contributed by atoms with Crippen molar-refractivity contribution in [2.24, 2.45) is 0 Å². The Bertz CT molecular complexity index is 347. The molecule has 1 rings (SSSR count). The molecule has 80 valence electrons. The topological polar surface area (TPSA) is 49.3 Å². The van der Waals surface area contributed by atoms with Crippen LogP contribution < -0.4 is 5.32 Å². The number of phenols is 1. The van der Waals surface area contributed by atoms with Gasteiger partial charge in [-0.05, 0) is 12.5 Å². The van der Waals surface area contributed by atoms with Gasteiger partial charge in [0, 0.05) is 12.1 Å². The van der Waals surface area contributed by atoms with Gasteiger partial charge in [0.1, 0.15) is 5.75 Å². The minimum Gasteiger partial charge on any atom is -0.508 e. The van der Waals surface area contributed by atoms with E-state index in [-0.39, 0.29) is 18.1 Å². The zero-order valence-electron chi connectivity index (χ0n) is 8.57. The van der Waals surface area contributed by atoms with Crippen molar-refractivity contribution in [2.75, 3.05) is 6.54 Å². The molecule has 15 heavy (non-hydrogen) atoms. The van der Waals surface area contributed by atoms with Crippen molar-refractivity contribution in [1.82, 2.24) is 5.32 Å². The summed E-state index contributed by atoms with van der Waals surface area (Å²) >= 11 is 0. The molecule has 1 aromatic rings. The second-order valence-electron chi connectivity index (χ2n) is 3.23. The first kappa shape index (κ1) is 11.3. The van der Waals surface area contributed by atoms with Gasteiger partial charge in [0.2, 0.25) is 5.91 Å². The number of carbonyl (C=O) groups excluding carboxylic acids is 1. The lowest BCUT2D eigenvalue weighted by atomic mass is 10.1. The van der Waals surface area contributed by atoms with Gasteiger partial charge in [-0.1, -0.05) is 24.3 Å². The number of phenolic OH excluding ortho intramolecular Hbond substituents is 1.